The van der Waals surface area contributed by atoms with E-state index in [4.69, 9.17) is 11.6 Å². The maximum atomic E-state index is 14.1. The first-order valence-corrected chi connectivity index (χ1v) is 9.03. The highest BCUT2D eigenvalue weighted by atomic mass is 35.5. The molecule has 1 fully saturated rings. The van der Waals surface area contributed by atoms with E-state index in [-0.39, 0.29) is 22.3 Å². The van der Waals surface area contributed by atoms with Crippen LogP contribution < -0.4 is 10.9 Å². The number of amides is 2. The maximum absolute atomic E-state index is 14.1. The van der Waals surface area contributed by atoms with Gasteiger partial charge >= 0.3 is 6.03 Å². The Morgan fingerprint density at radius 1 is 1.19 bits per heavy atom. The van der Waals surface area contributed by atoms with Gasteiger partial charge in [-0.3, -0.25) is 4.79 Å². The maximum Gasteiger partial charge on any atom is 0.322 e. The number of hydrogen-bond acceptors (Lipinski definition) is 2. The van der Waals surface area contributed by atoms with E-state index in [1.165, 1.54) is 12.1 Å². The second kappa shape index (κ2) is 7.04. The average Bonchev–Trinajstić information content (AvgIpc) is 3.50. The molecule has 0 radical (unpaired) electrons. The van der Waals surface area contributed by atoms with Gasteiger partial charge in [0.25, 0.3) is 5.56 Å². The number of pyridine rings is 1. The number of aromatic amines is 1. The minimum Gasteiger partial charge on any atom is -0.328 e. The van der Waals surface area contributed by atoms with Crippen LogP contribution >= 0.6 is 11.6 Å². The smallest absolute Gasteiger partial charge is 0.322 e. The van der Waals surface area contributed by atoms with Crippen LogP contribution in [-0.2, 0) is 6.54 Å². The summed E-state index contributed by atoms with van der Waals surface area (Å²) in [7, 11) is 0. The van der Waals surface area contributed by atoms with Crippen molar-refractivity contribution >= 4 is 34.1 Å². The topological polar surface area (TPSA) is 65.2 Å². The van der Waals surface area contributed by atoms with Crippen molar-refractivity contribution in [2.45, 2.75) is 25.4 Å². The van der Waals surface area contributed by atoms with Gasteiger partial charge in [0.1, 0.15) is 0 Å². The van der Waals surface area contributed by atoms with Gasteiger partial charge in [-0.05, 0) is 42.0 Å². The summed E-state index contributed by atoms with van der Waals surface area (Å²) in [4.78, 5) is 29.2. The first kappa shape index (κ1) is 17.5. The molecule has 7 heteroatoms. The second-order valence-electron chi connectivity index (χ2n) is 6.58. The van der Waals surface area contributed by atoms with Crippen molar-refractivity contribution in [1.29, 1.82) is 0 Å². The number of rotatable bonds is 4. The zero-order valence-electron chi connectivity index (χ0n) is 14.3. The summed E-state index contributed by atoms with van der Waals surface area (Å²) in [6.07, 6.45) is 3.42. The Balaban J connectivity index is 1.63. The van der Waals surface area contributed by atoms with E-state index >= 15 is 0 Å². The molecule has 0 atom stereocenters. The van der Waals surface area contributed by atoms with Crippen molar-refractivity contribution in [3.63, 3.8) is 0 Å². The molecule has 5 nitrogen and oxygen atoms in total. The van der Waals surface area contributed by atoms with Crippen molar-refractivity contribution in [2.75, 3.05) is 5.32 Å². The van der Waals surface area contributed by atoms with Crippen molar-refractivity contribution in [3.8, 4) is 0 Å². The van der Waals surface area contributed by atoms with Crippen LogP contribution in [-0.4, -0.2) is 22.0 Å². The Morgan fingerprint density at radius 3 is 2.67 bits per heavy atom. The van der Waals surface area contributed by atoms with Crippen molar-refractivity contribution in [3.05, 3.63) is 75.4 Å². The van der Waals surface area contributed by atoms with Gasteiger partial charge in [-0.1, -0.05) is 35.9 Å². The predicted molar refractivity (Wildman–Crippen MR) is 104 cm³/mol. The molecule has 27 heavy (non-hydrogen) atoms. The number of aromatic nitrogens is 1. The van der Waals surface area contributed by atoms with E-state index in [0.29, 0.717) is 11.9 Å². The molecule has 0 saturated heterocycles. The highest BCUT2D eigenvalue weighted by Crippen LogP contribution is 2.31. The Bertz CT molecular complexity index is 1080. The van der Waals surface area contributed by atoms with Gasteiger partial charge in [0.2, 0.25) is 0 Å². The van der Waals surface area contributed by atoms with Crippen LogP contribution in [0.5, 0.6) is 0 Å². The Morgan fingerprint density at radius 2 is 1.93 bits per heavy atom. The Kier molecular flexibility index (Phi) is 4.58. The minimum atomic E-state index is -0.655. The molecule has 1 aliphatic carbocycles. The van der Waals surface area contributed by atoms with Crippen LogP contribution in [0.4, 0.5) is 14.9 Å². The van der Waals surface area contributed by atoms with Gasteiger partial charge in [0.15, 0.2) is 5.82 Å². The largest absolute Gasteiger partial charge is 0.328 e. The van der Waals surface area contributed by atoms with E-state index in [1.807, 2.05) is 12.1 Å². The molecule has 1 aliphatic rings. The summed E-state index contributed by atoms with van der Waals surface area (Å²) >= 11 is 5.79. The van der Waals surface area contributed by atoms with Gasteiger partial charge < -0.3 is 15.2 Å². The standard InChI is InChI=1S/C20H17ClFN3O2/c21-16-6-3-7-17(18(16)22)24-20(27)25(13-8-9-13)11-12-10-23-19(26)15-5-2-1-4-14(12)15/h1-7,10,13H,8-9,11H2,(H,23,26)(H,24,27). The van der Waals surface area contributed by atoms with Crippen LogP contribution in [0.25, 0.3) is 10.8 Å². The molecule has 0 aliphatic heterocycles. The fourth-order valence-electron chi connectivity index (χ4n) is 3.12. The molecule has 0 bridgehead atoms. The third kappa shape index (κ3) is 3.53. The van der Waals surface area contributed by atoms with Crippen molar-refractivity contribution in [2.24, 2.45) is 0 Å². The average molecular weight is 386 g/mol. The first-order valence-electron chi connectivity index (χ1n) is 8.65. The van der Waals surface area contributed by atoms with Gasteiger partial charge in [0.05, 0.1) is 10.7 Å². The summed E-state index contributed by atoms with van der Waals surface area (Å²) in [6, 6.07) is 11.4. The predicted octanol–water partition coefficient (Wildman–Crippen LogP) is 4.52. The second-order valence-corrected chi connectivity index (χ2v) is 6.99. The lowest BCUT2D eigenvalue weighted by Crippen LogP contribution is -2.36. The van der Waals surface area contributed by atoms with Gasteiger partial charge in [-0.25, -0.2) is 9.18 Å². The molecular formula is C20H17ClFN3O2. The number of fused-ring (bicyclic) bond motifs is 1. The third-order valence-electron chi connectivity index (χ3n) is 4.68. The summed E-state index contributed by atoms with van der Waals surface area (Å²) in [5, 5.41) is 3.94. The van der Waals surface area contributed by atoms with Crippen molar-refractivity contribution in [1.82, 2.24) is 9.88 Å². The van der Waals surface area contributed by atoms with Gasteiger partial charge in [-0.15, -0.1) is 0 Å². The van der Waals surface area contributed by atoms with E-state index in [2.05, 4.69) is 10.3 Å². The lowest BCUT2D eigenvalue weighted by molar-refractivity contribution is 0.206. The first-order chi connectivity index (χ1) is 13.0. The zero-order valence-corrected chi connectivity index (χ0v) is 15.1. The van der Waals surface area contributed by atoms with E-state index in [1.54, 1.807) is 29.3 Å². The Hall–Kier alpha value is -2.86. The number of urea groups is 1. The SMILES string of the molecule is O=C(Nc1cccc(Cl)c1F)N(Cc1c[nH]c(=O)c2ccccc12)C1CC1. The van der Waals surface area contributed by atoms with Crippen molar-refractivity contribution < 1.29 is 9.18 Å². The number of hydrogen-bond donors (Lipinski definition) is 2. The normalized spacial score (nSPS) is 13.6. The number of nitrogens with one attached hydrogen (secondary N) is 2. The summed E-state index contributed by atoms with van der Waals surface area (Å²) in [5.74, 6) is -0.655. The van der Waals surface area contributed by atoms with E-state index in [0.717, 1.165) is 23.8 Å². The van der Waals surface area contributed by atoms with E-state index < -0.39 is 11.8 Å². The monoisotopic (exact) mass is 385 g/mol. The summed E-state index contributed by atoms with van der Waals surface area (Å²) in [6.45, 7) is 0.315. The molecule has 2 amide bonds. The fourth-order valence-corrected chi connectivity index (χ4v) is 3.30. The van der Waals surface area contributed by atoms with Gasteiger partial charge in [0, 0.05) is 24.2 Å². The summed E-state index contributed by atoms with van der Waals surface area (Å²) in [5.41, 5.74) is 0.709. The molecule has 1 saturated carbocycles. The van der Waals surface area contributed by atoms with Gasteiger partial charge in [-0.2, -0.15) is 0 Å². The quantitative estimate of drug-likeness (QED) is 0.693. The van der Waals surface area contributed by atoms with Crippen LogP contribution in [0.15, 0.2) is 53.5 Å². The number of H-pyrrole nitrogens is 1. The zero-order chi connectivity index (χ0) is 19.0. The number of carbonyl (C=O) groups excluding carboxylic acids is 1. The fraction of sp³-hybridized carbons (Fsp3) is 0.200. The highest BCUT2D eigenvalue weighted by molar-refractivity contribution is 6.31. The molecule has 1 aromatic heterocycles. The number of anilines is 1. The molecule has 4 rings (SSSR count). The number of carbonyl (C=O) groups is 1. The van der Waals surface area contributed by atoms with E-state index in [9.17, 15) is 14.0 Å². The van der Waals surface area contributed by atoms with Crippen LogP contribution in [0.3, 0.4) is 0 Å². The molecule has 2 aromatic carbocycles. The third-order valence-corrected chi connectivity index (χ3v) is 4.97. The van der Waals surface area contributed by atoms with Crippen LogP contribution in [0.2, 0.25) is 5.02 Å². The number of halogens is 2. The lowest BCUT2D eigenvalue weighted by atomic mass is 10.1. The highest BCUT2D eigenvalue weighted by Gasteiger charge is 2.33. The number of benzene rings is 2. The molecule has 3 aromatic rings. The minimum absolute atomic E-state index is 0.0441. The lowest BCUT2D eigenvalue weighted by Gasteiger charge is -2.24. The molecular weight excluding hydrogens is 369 g/mol. The number of nitrogens with zero attached hydrogens (tertiary/aromatic N) is 1. The molecule has 0 spiro atoms. The molecule has 2 N–H and O–H groups in total. The molecule has 1 heterocycles. The summed E-state index contributed by atoms with van der Waals surface area (Å²) < 4.78 is 14.1. The van der Waals surface area contributed by atoms with Crippen LogP contribution in [0, 0.1) is 5.82 Å². The Labute approximate surface area is 159 Å². The van der Waals surface area contributed by atoms with Crippen LogP contribution in [0.1, 0.15) is 18.4 Å². The molecule has 138 valence electrons. The molecule has 0 unspecified atom stereocenters.